The van der Waals surface area contributed by atoms with Crippen LogP contribution in [-0.4, -0.2) is 27.9 Å². The van der Waals surface area contributed by atoms with E-state index >= 15 is 0 Å². The molecule has 9 aromatic rings. The molecule has 88 heavy (non-hydrogen) atoms. The fourth-order valence-electron chi connectivity index (χ4n) is 12.3. The number of halogens is 6. The third-order valence-corrected chi connectivity index (χ3v) is 18.1. The monoisotopic (exact) mass is 1220 g/mol. The summed E-state index contributed by atoms with van der Waals surface area (Å²) >= 11 is 0. The fraction of sp³-hybridized carbons (Fsp3) is 0.189. The van der Waals surface area contributed by atoms with Gasteiger partial charge in [0, 0.05) is 11.8 Å². The highest BCUT2D eigenvalue weighted by molar-refractivity contribution is 7.88. The molecule has 0 heterocycles. The lowest BCUT2D eigenvalue weighted by Crippen LogP contribution is -2.28. The van der Waals surface area contributed by atoms with Crippen molar-refractivity contribution in [3.05, 3.63) is 267 Å². The Balaban J connectivity index is 1.18. The smallest absolute Gasteiger partial charge is 0.376 e. The van der Waals surface area contributed by atoms with E-state index in [0.717, 1.165) is 85.8 Å². The molecule has 0 bridgehead atoms. The van der Waals surface area contributed by atoms with Crippen molar-refractivity contribution in [2.75, 3.05) is 0 Å². The zero-order valence-corrected chi connectivity index (χ0v) is 49.1. The predicted molar refractivity (Wildman–Crippen MR) is 334 cm³/mol. The number of hydrogen-bond acceptors (Lipinski definition) is 6. The summed E-state index contributed by atoms with van der Waals surface area (Å²) in [5.74, 6) is -1.97. The second-order valence-electron chi connectivity index (χ2n) is 21.6. The van der Waals surface area contributed by atoms with Crippen molar-refractivity contribution in [3.8, 4) is 56.0 Å². The number of unbranched alkanes of at least 4 members (excludes halogenated alkanes) is 7. The van der Waals surface area contributed by atoms with Gasteiger partial charge in [0.2, 0.25) is 0 Å². The Morgan fingerprint density at radius 2 is 0.886 bits per heavy atom. The quantitative estimate of drug-likeness (QED) is 0.0212. The number of benzene rings is 9. The van der Waals surface area contributed by atoms with Crippen molar-refractivity contribution in [3.63, 3.8) is 0 Å². The first-order valence-electron chi connectivity index (χ1n) is 28.7. The third kappa shape index (κ3) is 12.0. The van der Waals surface area contributed by atoms with E-state index in [4.69, 9.17) is 0 Å². The van der Waals surface area contributed by atoms with Gasteiger partial charge < -0.3 is 8.37 Å². The van der Waals surface area contributed by atoms with Crippen LogP contribution in [0, 0.1) is 0 Å². The summed E-state index contributed by atoms with van der Waals surface area (Å²) in [5, 5.41) is 2.79. The average Bonchev–Trinajstić information content (AvgIpc) is 1.40. The van der Waals surface area contributed by atoms with Crippen molar-refractivity contribution < 1.29 is 51.5 Å². The van der Waals surface area contributed by atoms with Gasteiger partial charge in [0.15, 0.2) is 0 Å². The largest absolute Gasteiger partial charge is 0.534 e. The Hall–Kier alpha value is -9.44. The summed E-state index contributed by atoms with van der Waals surface area (Å²) in [6, 6.07) is 51.7. The van der Waals surface area contributed by atoms with Gasteiger partial charge in [-0.05, 0) is 195 Å². The lowest BCUT2D eigenvalue weighted by molar-refractivity contribution is -0.0504. The molecular formula is C74H54F6O6S2. The number of hydrogen-bond donors (Lipinski definition) is 0. The summed E-state index contributed by atoms with van der Waals surface area (Å²) < 4.78 is 142. The maximum atomic E-state index is 13.8. The molecule has 2 aliphatic rings. The molecule has 440 valence electrons. The first kappa shape index (κ1) is 60.3. The van der Waals surface area contributed by atoms with Gasteiger partial charge in [-0.15, -0.1) is 0 Å². The molecule has 0 saturated heterocycles. The van der Waals surface area contributed by atoms with Crippen molar-refractivity contribution in [1.29, 1.82) is 0 Å². The first-order valence-corrected chi connectivity index (χ1v) is 31.5. The predicted octanol–water partition coefficient (Wildman–Crippen LogP) is 19.7. The summed E-state index contributed by atoms with van der Waals surface area (Å²) in [6.45, 7) is 5.63. The molecular weight excluding hydrogens is 1160 g/mol. The molecule has 0 fully saturated rings. The number of alkyl halides is 6. The highest BCUT2D eigenvalue weighted by Gasteiger charge is 2.49. The van der Waals surface area contributed by atoms with Gasteiger partial charge in [-0.25, -0.2) is 0 Å². The molecule has 0 radical (unpaired) electrons. The third-order valence-electron chi connectivity index (χ3n) is 16.1. The Morgan fingerprint density at radius 1 is 0.466 bits per heavy atom. The summed E-state index contributed by atoms with van der Waals surface area (Å²) in [4.78, 5) is 0. The van der Waals surface area contributed by atoms with Crippen LogP contribution in [0.15, 0.2) is 222 Å². The van der Waals surface area contributed by atoms with Crippen molar-refractivity contribution >= 4 is 47.9 Å². The minimum atomic E-state index is -6.05. The van der Waals surface area contributed by atoms with Gasteiger partial charge >= 0.3 is 31.3 Å². The van der Waals surface area contributed by atoms with Crippen molar-refractivity contribution in [2.24, 2.45) is 0 Å². The van der Waals surface area contributed by atoms with Gasteiger partial charge in [0.1, 0.15) is 11.5 Å². The molecule has 0 aromatic heterocycles. The zero-order chi connectivity index (χ0) is 61.8. The standard InChI is InChI=1S/C74H54F6O6S2/c1-3-5-7-9-11-13-15-17-23-49-29-33-51(34-30-49)65-59-27-21-19-25-57(59)61-45-47-63-68(54-39-43-56(44-40-54)86-88(83,84)74(78,79)80)72-64(67(71(63)69(61)65)53-37-41-55(42-38-53)85-87(81,82)73(75,76)77)48-46-62-58-26-20-22-28-60(58)66(70(62)72)52-35-31-50(32-36-52)24-18-16-14-12-10-8-6-4-2/h19-23,25-48,65-66H,1,4,6,8,10,12,14,16,18,24H2,2H3. The summed E-state index contributed by atoms with van der Waals surface area (Å²) in [6.07, 6.45) is 12.2. The molecule has 2 aliphatic carbocycles. The second kappa shape index (κ2) is 25.1. The van der Waals surface area contributed by atoms with Gasteiger partial charge in [0.05, 0.1) is 0 Å². The van der Waals surface area contributed by atoms with E-state index in [-0.39, 0.29) is 5.92 Å². The normalized spacial score (nSPS) is 13.9. The Bertz CT molecular complexity index is 4770. The van der Waals surface area contributed by atoms with Gasteiger partial charge in [0.25, 0.3) is 0 Å². The molecule has 6 nitrogen and oxygen atoms in total. The summed E-state index contributed by atoms with van der Waals surface area (Å²) in [7, 11) is -12.1. The second-order valence-corrected chi connectivity index (χ2v) is 24.6. The van der Waals surface area contributed by atoms with Crippen molar-refractivity contribution in [1.82, 2.24) is 0 Å². The van der Waals surface area contributed by atoms with Crippen LogP contribution in [0.1, 0.15) is 115 Å². The Labute approximate surface area is 507 Å². The highest BCUT2D eigenvalue weighted by atomic mass is 32.2. The lowest BCUT2D eigenvalue weighted by atomic mass is 9.77. The van der Waals surface area contributed by atoms with E-state index in [2.05, 4.69) is 116 Å². The molecule has 0 spiro atoms. The van der Waals surface area contributed by atoms with Crippen LogP contribution in [-0.2, 0) is 26.7 Å². The summed E-state index contributed by atoms with van der Waals surface area (Å²) in [5.41, 5.74) is 23.4. The molecule has 11 rings (SSSR count). The molecule has 9 aromatic carbocycles. The van der Waals surface area contributed by atoms with Crippen LogP contribution in [0.5, 0.6) is 11.5 Å². The minimum Gasteiger partial charge on any atom is -0.376 e. The Kier molecular flexibility index (Phi) is 17.2. The van der Waals surface area contributed by atoms with E-state index in [1.54, 1.807) is 6.08 Å². The van der Waals surface area contributed by atoms with Crippen molar-refractivity contribution in [2.45, 2.75) is 87.6 Å². The average molecular weight is 1220 g/mol. The van der Waals surface area contributed by atoms with Gasteiger partial charge in [-0.1, -0.05) is 209 Å². The maximum Gasteiger partial charge on any atom is 0.534 e. The molecule has 0 amide bonds. The number of rotatable bonds is 18. The molecule has 14 heteroatoms. The highest BCUT2D eigenvalue weighted by Crippen LogP contribution is 2.59. The molecule has 0 saturated carbocycles. The molecule has 0 aliphatic heterocycles. The van der Waals surface area contributed by atoms with Crippen LogP contribution in [0.4, 0.5) is 26.3 Å². The van der Waals surface area contributed by atoms with E-state index in [0.29, 0.717) is 38.4 Å². The van der Waals surface area contributed by atoms with E-state index in [1.165, 1.54) is 92.6 Å². The maximum absolute atomic E-state index is 13.8. The van der Waals surface area contributed by atoms with Crippen LogP contribution in [0.25, 0.3) is 72.1 Å². The SMILES string of the molecule is C=C=C=C=C=C=C=C=C=Cc1ccc(C2c3ccccc3-c3ccc4c(-c5ccc(OS(=O)(=O)C(F)(F)F)cc5)c5c6c(ccc5c(-c5ccc(OS(=O)(=O)C(F)(F)F)cc5)c4c32)-c2ccccc2C6c2ccc(CCCCCCCCCC)cc2)cc1. The lowest BCUT2D eigenvalue weighted by Gasteiger charge is -2.26. The molecule has 2 atom stereocenters. The first-order chi connectivity index (χ1) is 42.4. The Morgan fingerprint density at radius 3 is 1.34 bits per heavy atom. The van der Waals surface area contributed by atoms with Crippen LogP contribution >= 0.6 is 0 Å². The van der Waals surface area contributed by atoms with E-state index < -0.39 is 48.7 Å². The number of aryl methyl sites for hydroxylation is 1. The molecule has 0 N–H and O–H groups in total. The van der Waals surface area contributed by atoms with Crippen LogP contribution in [0.2, 0.25) is 0 Å². The van der Waals surface area contributed by atoms with E-state index in [9.17, 15) is 43.2 Å². The number of fused-ring (bicyclic) bond motifs is 10. The van der Waals surface area contributed by atoms with Gasteiger partial charge in [-0.2, -0.15) is 43.2 Å². The molecule has 2 unspecified atom stereocenters. The topological polar surface area (TPSA) is 86.7 Å². The van der Waals surface area contributed by atoms with Crippen LogP contribution in [0.3, 0.4) is 0 Å². The zero-order valence-electron chi connectivity index (χ0n) is 47.5. The van der Waals surface area contributed by atoms with Crippen LogP contribution < -0.4 is 8.37 Å². The fourth-order valence-corrected chi connectivity index (χ4v) is 13.2. The minimum absolute atomic E-state index is 0.385. The van der Waals surface area contributed by atoms with E-state index in [1.807, 2.05) is 72.8 Å². The van der Waals surface area contributed by atoms with Gasteiger partial charge in [-0.3, -0.25) is 0 Å².